The van der Waals surface area contributed by atoms with Crippen molar-refractivity contribution in [2.75, 3.05) is 7.11 Å². The summed E-state index contributed by atoms with van der Waals surface area (Å²) >= 11 is 0. The van der Waals surface area contributed by atoms with Crippen LogP contribution in [-0.4, -0.2) is 13.1 Å². The van der Waals surface area contributed by atoms with E-state index in [1.807, 2.05) is 0 Å². The lowest BCUT2D eigenvalue weighted by molar-refractivity contribution is -0.140. The number of ether oxygens (including phenoxy) is 1. The van der Waals surface area contributed by atoms with Crippen LogP contribution in [0.5, 0.6) is 0 Å². The molecule has 0 bridgehead atoms. The number of carbonyl (C=O) groups is 1. The number of unbranched alkanes of at least 4 members (excludes halogenated alkanes) is 8. The molecule has 0 aromatic heterocycles. The van der Waals surface area contributed by atoms with Crippen LogP contribution in [0, 0.1) is 11.3 Å². The molecule has 16 heavy (non-hydrogen) atoms. The van der Waals surface area contributed by atoms with Gasteiger partial charge in [0.2, 0.25) is 0 Å². The number of hydrogen-bond acceptors (Lipinski definition) is 3. The predicted octanol–water partition coefficient (Wildman–Crippen LogP) is 3.58. The highest BCUT2D eigenvalue weighted by Crippen LogP contribution is 2.10. The van der Waals surface area contributed by atoms with E-state index in [1.165, 1.54) is 39.2 Å². The molecule has 0 spiro atoms. The van der Waals surface area contributed by atoms with Crippen molar-refractivity contribution in [3.05, 3.63) is 0 Å². The molecular weight excluding hydrogens is 202 g/mol. The quantitative estimate of drug-likeness (QED) is 0.422. The lowest BCUT2D eigenvalue weighted by Gasteiger charge is -2.01. The molecule has 0 unspecified atom stereocenters. The monoisotopic (exact) mass is 225 g/mol. The first-order chi connectivity index (χ1) is 7.81. The highest BCUT2D eigenvalue weighted by atomic mass is 16.5. The topological polar surface area (TPSA) is 50.1 Å². The standard InChI is InChI=1S/C13H23NO2/c1-16-13(15)11-9-7-5-3-2-4-6-8-10-12-14/h2-11H2,1H3. The van der Waals surface area contributed by atoms with Crippen molar-refractivity contribution in [1.29, 1.82) is 5.26 Å². The molecule has 0 rings (SSSR count). The zero-order valence-electron chi connectivity index (χ0n) is 10.3. The van der Waals surface area contributed by atoms with Gasteiger partial charge < -0.3 is 4.74 Å². The van der Waals surface area contributed by atoms with Crippen LogP contribution in [0.4, 0.5) is 0 Å². The second-order valence-corrected chi connectivity index (χ2v) is 4.06. The van der Waals surface area contributed by atoms with Crippen LogP contribution in [0.3, 0.4) is 0 Å². The molecular formula is C13H23NO2. The summed E-state index contributed by atoms with van der Waals surface area (Å²) in [4.78, 5) is 10.8. The Morgan fingerprint density at radius 1 is 1.00 bits per heavy atom. The molecule has 0 aromatic carbocycles. The van der Waals surface area contributed by atoms with E-state index >= 15 is 0 Å². The van der Waals surface area contributed by atoms with Crippen LogP contribution in [-0.2, 0) is 9.53 Å². The van der Waals surface area contributed by atoms with Gasteiger partial charge in [-0.15, -0.1) is 0 Å². The van der Waals surface area contributed by atoms with Crippen molar-refractivity contribution in [1.82, 2.24) is 0 Å². The number of nitrogens with zero attached hydrogens (tertiary/aromatic N) is 1. The Morgan fingerprint density at radius 2 is 1.50 bits per heavy atom. The summed E-state index contributed by atoms with van der Waals surface area (Å²) in [6, 6.07) is 2.16. The van der Waals surface area contributed by atoms with Crippen molar-refractivity contribution in [2.45, 2.75) is 64.2 Å². The SMILES string of the molecule is COC(=O)CCCCCCCCCCC#N. The minimum absolute atomic E-state index is 0.100. The molecule has 0 saturated heterocycles. The number of hydrogen-bond donors (Lipinski definition) is 0. The Labute approximate surface area is 98.8 Å². The number of esters is 1. The van der Waals surface area contributed by atoms with Crippen molar-refractivity contribution < 1.29 is 9.53 Å². The van der Waals surface area contributed by atoms with Gasteiger partial charge in [0.05, 0.1) is 13.2 Å². The summed E-state index contributed by atoms with van der Waals surface area (Å²) in [5.74, 6) is -0.100. The van der Waals surface area contributed by atoms with Gasteiger partial charge in [0.15, 0.2) is 0 Å². The van der Waals surface area contributed by atoms with Crippen LogP contribution in [0.1, 0.15) is 64.2 Å². The van der Waals surface area contributed by atoms with Gasteiger partial charge in [-0.25, -0.2) is 0 Å². The summed E-state index contributed by atoms with van der Waals surface area (Å²) in [5.41, 5.74) is 0. The third-order valence-electron chi connectivity index (χ3n) is 2.65. The molecule has 0 aliphatic rings. The van der Waals surface area contributed by atoms with Gasteiger partial charge in [-0.1, -0.05) is 38.5 Å². The van der Waals surface area contributed by atoms with E-state index in [1.54, 1.807) is 0 Å². The normalized spacial score (nSPS) is 9.75. The van der Waals surface area contributed by atoms with Gasteiger partial charge in [0.1, 0.15) is 0 Å². The van der Waals surface area contributed by atoms with Crippen LogP contribution in [0.2, 0.25) is 0 Å². The third-order valence-corrected chi connectivity index (χ3v) is 2.65. The fourth-order valence-electron chi connectivity index (χ4n) is 1.64. The molecule has 0 amide bonds. The first-order valence-corrected chi connectivity index (χ1v) is 6.25. The Hall–Kier alpha value is -1.04. The zero-order chi connectivity index (χ0) is 12.1. The molecule has 92 valence electrons. The number of carbonyl (C=O) groups excluding carboxylic acids is 1. The molecule has 3 heteroatoms. The first-order valence-electron chi connectivity index (χ1n) is 6.25. The van der Waals surface area contributed by atoms with Gasteiger partial charge >= 0.3 is 5.97 Å². The predicted molar refractivity (Wildman–Crippen MR) is 63.8 cm³/mol. The number of methoxy groups -OCH3 is 1. The minimum atomic E-state index is -0.100. The zero-order valence-corrected chi connectivity index (χ0v) is 10.3. The molecule has 0 heterocycles. The highest BCUT2D eigenvalue weighted by molar-refractivity contribution is 5.68. The maximum atomic E-state index is 10.8. The molecule has 0 N–H and O–H groups in total. The molecule has 0 aromatic rings. The van der Waals surface area contributed by atoms with Crippen LogP contribution in [0.25, 0.3) is 0 Å². The van der Waals surface area contributed by atoms with Crippen molar-refractivity contribution in [3.63, 3.8) is 0 Å². The summed E-state index contributed by atoms with van der Waals surface area (Å²) in [6.45, 7) is 0. The summed E-state index contributed by atoms with van der Waals surface area (Å²) in [7, 11) is 1.43. The molecule has 0 aliphatic carbocycles. The fourth-order valence-corrected chi connectivity index (χ4v) is 1.64. The molecule has 3 nitrogen and oxygen atoms in total. The fraction of sp³-hybridized carbons (Fsp3) is 0.846. The maximum Gasteiger partial charge on any atom is 0.305 e. The van der Waals surface area contributed by atoms with E-state index in [4.69, 9.17) is 5.26 Å². The van der Waals surface area contributed by atoms with Crippen LogP contribution < -0.4 is 0 Å². The third kappa shape index (κ3) is 11.0. The molecule has 0 fully saturated rings. The molecule has 0 aliphatic heterocycles. The van der Waals surface area contributed by atoms with Crippen LogP contribution in [0.15, 0.2) is 0 Å². The molecule has 0 radical (unpaired) electrons. The Bertz CT molecular complexity index is 208. The number of nitriles is 1. The Balaban J connectivity index is 2.99. The second kappa shape index (κ2) is 12.0. The van der Waals surface area contributed by atoms with Gasteiger partial charge in [0.25, 0.3) is 0 Å². The van der Waals surface area contributed by atoms with E-state index in [2.05, 4.69) is 10.8 Å². The maximum absolute atomic E-state index is 10.8. The lowest BCUT2D eigenvalue weighted by Crippen LogP contribution is -1.99. The van der Waals surface area contributed by atoms with E-state index in [0.29, 0.717) is 12.8 Å². The average molecular weight is 225 g/mol. The van der Waals surface area contributed by atoms with E-state index in [0.717, 1.165) is 19.3 Å². The summed E-state index contributed by atoms with van der Waals surface area (Å²) in [6.07, 6.45) is 10.5. The smallest absolute Gasteiger partial charge is 0.305 e. The first kappa shape index (κ1) is 15.0. The van der Waals surface area contributed by atoms with Crippen LogP contribution >= 0.6 is 0 Å². The summed E-state index contributed by atoms with van der Waals surface area (Å²) < 4.78 is 4.57. The lowest BCUT2D eigenvalue weighted by atomic mass is 10.1. The second-order valence-electron chi connectivity index (χ2n) is 4.06. The Morgan fingerprint density at radius 3 is 2.00 bits per heavy atom. The van der Waals surface area contributed by atoms with Crippen molar-refractivity contribution >= 4 is 5.97 Å². The highest BCUT2D eigenvalue weighted by Gasteiger charge is 1.98. The van der Waals surface area contributed by atoms with E-state index in [-0.39, 0.29) is 5.97 Å². The number of rotatable bonds is 10. The Kier molecular flexibility index (Phi) is 11.2. The van der Waals surface area contributed by atoms with Gasteiger partial charge in [-0.05, 0) is 12.8 Å². The average Bonchev–Trinajstić information content (AvgIpc) is 2.31. The van der Waals surface area contributed by atoms with Gasteiger partial charge in [-0.3, -0.25) is 4.79 Å². The van der Waals surface area contributed by atoms with Gasteiger partial charge in [-0.2, -0.15) is 5.26 Å². The largest absolute Gasteiger partial charge is 0.469 e. The minimum Gasteiger partial charge on any atom is -0.469 e. The van der Waals surface area contributed by atoms with E-state index in [9.17, 15) is 4.79 Å². The molecule has 0 atom stereocenters. The summed E-state index contributed by atoms with van der Waals surface area (Å²) in [5, 5.41) is 8.34. The van der Waals surface area contributed by atoms with Gasteiger partial charge in [0, 0.05) is 12.8 Å². The van der Waals surface area contributed by atoms with Crippen molar-refractivity contribution in [3.8, 4) is 6.07 Å². The molecule has 0 saturated carbocycles. The van der Waals surface area contributed by atoms with E-state index < -0.39 is 0 Å². The van der Waals surface area contributed by atoms with Crippen molar-refractivity contribution in [2.24, 2.45) is 0 Å².